The van der Waals surface area contributed by atoms with E-state index in [2.05, 4.69) is 5.32 Å². The van der Waals surface area contributed by atoms with Crippen molar-refractivity contribution in [3.8, 4) is 34.1 Å². The topological polar surface area (TPSA) is 83.1 Å². The SMILES string of the molecule is COc1cc2c(c(OC)c1OC)-c1ccc(O[11CH3])c(=O)cc1[C@@H](NC(C)=O)CC2. The summed E-state index contributed by atoms with van der Waals surface area (Å²) in [5.41, 5.74) is 3.01. The Labute approximate surface area is 169 Å². The molecule has 0 aromatic heterocycles. The maximum atomic E-state index is 12.6. The number of carbonyl (C=O) groups excluding carboxylic acids is 1. The Balaban J connectivity index is 2.41. The molecule has 154 valence electrons. The standard InChI is InChI=1S/C22H25NO6/c1-12(24)23-16-8-6-13-10-19(27-3)21(28-4)22(29-5)20(13)14-7-9-18(26-2)17(25)11-15(14)16/h7,9-11,16H,6,8H2,1-5H3,(H,23,24)/t16-/m0/s1/i2-1. The van der Waals surface area contributed by atoms with Crippen molar-refractivity contribution in [2.75, 3.05) is 28.4 Å². The zero-order valence-corrected chi connectivity index (χ0v) is 17.3. The molecule has 0 spiro atoms. The molecule has 0 bridgehead atoms. The first kappa shape index (κ1) is 20.5. The predicted octanol–water partition coefficient (Wildman–Crippen LogP) is 2.87. The van der Waals surface area contributed by atoms with Crippen LogP contribution in [-0.4, -0.2) is 34.3 Å². The van der Waals surface area contributed by atoms with E-state index in [9.17, 15) is 9.59 Å². The lowest BCUT2D eigenvalue weighted by atomic mass is 9.95. The van der Waals surface area contributed by atoms with Crippen LogP contribution in [0.2, 0.25) is 0 Å². The number of methoxy groups -OCH3 is 4. The summed E-state index contributed by atoms with van der Waals surface area (Å²) in [5.74, 6) is 1.60. The first-order valence-corrected chi connectivity index (χ1v) is 9.26. The molecular weight excluding hydrogens is 373 g/mol. The number of carbonyl (C=O) groups is 1. The highest BCUT2D eigenvalue weighted by Gasteiger charge is 2.29. The highest BCUT2D eigenvalue weighted by atomic mass is 16.5. The Kier molecular flexibility index (Phi) is 5.96. The van der Waals surface area contributed by atoms with E-state index >= 15 is 0 Å². The van der Waals surface area contributed by atoms with Crippen LogP contribution in [0.4, 0.5) is 0 Å². The van der Waals surface area contributed by atoms with E-state index in [0.29, 0.717) is 35.7 Å². The molecule has 29 heavy (non-hydrogen) atoms. The van der Waals surface area contributed by atoms with Gasteiger partial charge in [-0.15, -0.1) is 0 Å². The number of nitrogens with one attached hydrogen (secondary N) is 1. The Hall–Kier alpha value is -3.22. The Morgan fingerprint density at radius 3 is 2.24 bits per heavy atom. The van der Waals surface area contributed by atoms with Crippen molar-refractivity contribution in [1.82, 2.24) is 5.32 Å². The summed E-state index contributed by atoms with van der Waals surface area (Å²) in [6, 6.07) is 6.57. The Morgan fingerprint density at radius 1 is 0.966 bits per heavy atom. The van der Waals surface area contributed by atoms with Crippen LogP contribution in [-0.2, 0) is 11.2 Å². The number of hydrogen-bond acceptors (Lipinski definition) is 6. The number of ether oxygens (including phenoxy) is 4. The molecule has 0 saturated heterocycles. The highest BCUT2D eigenvalue weighted by Crippen LogP contribution is 2.50. The van der Waals surface area contributed by atoms with Crippen molar-refractivity contribution in [2.45, 2.75) is 25.8 Å². The molecule has 2 aromatic rings. The van der Waals surface area contributed by atoms with Gasteiger partial charge in [-0.2, -0.15) is 0 Å². The number of hydrogen-bond donors (Lipinski definition) is 1. The number of fused-ring (bicyclic) bond motifs is 3. The molecule has 7 heteroatoms. The van der Waals surface area contributed by atoms with Gasteiger partial charge >= 0.3 is 0 Å². The second-order valence-corrected chi connectivity index (χ2v) is 6.75. The van der Waals surface area contributed by atoms with Crippen molar-refractivity contribution in [2.24, 2.45) is 0 Å². The van der Waals surface area contributed by atoms with E-state index in [1.807, 2.05) is 12.1 Å². The molecular formula is C22H25NO6. The number of benzene rings is 1. The van der Waals surface area contributed by atoms with Crippen LogP contribution in [0.3, 0.4) is 0 Å². The molecule has 0 heterocycles. The lowest BCUT2D eigenvalue weighted by Gasteiger charge is -2.19. The lowest BCUT2D eigenvalue weighted by Crippen LogP contribution is -2.26. The molecule has 0 unspecified atom stereocenters. The van der Waals surface area contributed by atoms with Gasteiger partial charge in [-0.05, 0) is 47.7 Å². The van der Waals surface area contributed by atoms with Gasteiger partial charge in [0.15, 0.2) is 17.2 Å². The molecule has 1 aliphatic carbocycles. The maximum Gasteiger partial charge on any atom is 0.220 e. The molecule has 0 aliphatic heterocycles. The molecule has 3 rings (SSSR count). The van der Waals surface area contributed by atoms with Crippen molar-refractivity contribution < 1.29 is 23.7 Å². The van der Waals surface area contributed by atoms with Gasteiger partial charge in [0.2, 0.25) is 17.1 Å². The van der Waals surface area contributed by atoms with E-state index in [4.69, 9.17) is 18.9 Å². The highest BCUT2D eigenvalue weighted by molar-refractivity contribution is 5.83. The fraction of sp³-hybridized carbons (Fsp3) is 0.364. The molecule has 7 nitrogen and oxygen atoms in total. The summed E-state index contributed by atoms with van der Waals surface area (Å²) in [5, 5.41) is 2.96. The van der Waals surface area contributed by atoms with Gasteiger partial charge in [-0.3, -0.25) is 9.59 Å². The van der Waals surface area contributed by atoms with Crippen LogP contribution >= 0.6 is 0 Å². The lowest BCUT2D eigenvalue weighted by molar-refractivity contribution is -0.119. The van der Waals surface area contributed by atoms with Gasteiger partial charge in [0.05, 0.1) is 34.5 Å². The van der Waals surface area contributed by atoms with Gasteiger partial charge in [-0.1, -0.05) is 6.07 Å². The molecule has 1 amide bonds. The van der Waals surface area contributed by atoms with Crippen LogP contribution in [0.15, 0.2) is 29.1 Å². The second kappa shape index (κ2) is 8.43. The van der Waals surface area contributed by atoms with Crippen LogP contribution in [0, 0.1) is 0 Å². The van der Waals surface area contributed by atoms with Gasteiger partial charge in [-0.25, -0.2) is 0 Å². The smallest absolute Gasteiger partial charge is 0.220 e. The molecule has 1 atom stereocenters. The largest absolute Gasteiger partial charge is 0.493 e. The summed E-state index contributed by atoms with van der Waals surface area (Å²) in [4.78, 5) is 24.5. The van der Waals surface area contributed by atoms with Gasteiger partial charge in [0.25, 0.3) is 0 Å². The van der Waals surface area contributed by atoms with E-state index in [0.717, 1.165) is 16.7 Å². The van der Waals surface area contributed by atoms with E-state index in [1.165, 1.54) is 20.1 Å². The van der Waals surface area contributed by atoms with Crippen LogP contribution in [0.5, 0.6) is 23.0 Å². The van der Waals surface area contributed by atoms with E-state index in [-0.39, 0.29) is 23.1 Å². The molecule has 1 N–H and O–H groups in total. The fourth-order valence-corrected chi connectivity index (χ4v) is 3.86. The Morgan fingerprint density at radius 2 is 1.66 bits per heavy atom. The predicted molar refractivity (Wildman–Crippen MR) is 109 cm³/mol. The van der Waals surface area contributed by atoms with Gasteiger partial charge in [0.1, 0.15) is 0 Å². The maximum absolute atomic E-state index is 12.6. The van der Waals surface area contributed by atoms with Crippen molar-refractivity contribution in [1.29, 1.82) is 0 Å². The average Bonchev–Trinajstić information content (AvgIpc) is 2.95. The third-order valence-corrected chi connectivity index (χ3v) is 5.10. The molecule has 2 aromatic carbocycles. The minimum Gasteiger partial charge on any atom is -0.493 e. The number of rotatable bonds is 5. The first-order chi connectivity index (χ1) is 13.9. The quantitative estimate of drug-likeness (QED) is 0.834. The molecule has 1 aliphatic rings. The summed E-state index contributed by atoms with van der Waals surface area (Å²) >= 11 is 0. The summed E-state index contributed by atoms with van der Waals surface area (Å²) in [6.45, 7) is 1.46. The normalized spacial score (nSPS) is 14.7. The van der Waals surface area contributed by atoms with E-state index < -0.39 is 0 Å². The zero-order valence-electron chi connectivity index (χ0n) is 17.3. The first-order valence-electron chi connectivity index (χ1n) is 9.26. The van der Waals surface area contributed by atoms with Gasteiger partial charge in [0, 0.05) is 12.5 Å². The second-order valence-electron chi connectivity index (χ2n) is 6.75. The van der Waals surface area contributed by atoms with Crippen LogP contribution < -0.4 is 29.7 Å². The van der Waals surface area contributed by atoms with Gasteiger partial charge < -0.3 is 24.3 Å². The minimum atomic E-state index is -0.332. The third-order valence-electron chi connectivity index (χ3n) is 5.10. The van der Waals surface area contributed by atoms with Crippen molar-refractivity contribution in [3.05, 3.63) is 45.6 Å². The number of amides is 1. The molecule has 0 saturated carbocycles. The molecule has 0 radical (unpaired) electrons. The summed E-state index contributed by atoms with van der Waals surface area (Å²) in [6.07, 6.45) is 1.27. The fourth-order valence-electron chi connectivity index (χ4n) is 3.86. The van der Waals surface area contributed by atoms with Crippen LogP contribution in [0.1, 0.15) is 30.5 Å². The van der Waals surface area contributed by atoms with Crippen molar-refractivity contribution in [3.63, 3.8) is 0 Å². The monoisotopic (exact) mass is 398 g/mol. The Bertz CT molecular complexity index is 1000. The summed E-state index contributed by atoms with van der Waals surface area (Å²) < 4.78 is 22.0. The zero-order chi connectivity index (χ0) is 21.1. The summed E-state index contributed by atoms with van der Waals surface area (Å²) in [7, 11) is 6.14. The minimum absolute atomic E-state index is 0.167. The van der Waals surface area contributed by atoms with Crippen molar-refractivity contribution >= 4 is 5.91 Å². The molecule has 0 fully saturated rings. The van der Waals surface area contributed by atoms with E-state index in [1.54, 1.807) is 27.4 Å². The van der Waals surface area contributed by atoms with Crippen LogP contribution in [0.25, 0.3) is 11.1 Å². The number of aryl methyl sites for hydroxylation is 1. The average molecular weight is 398 g/mol. The third kappa shape index (κ3) is 3.72.